The Morgan fingerprint density at radius 3 is 2.61 bits per heavy atom. The molecule has 120 valence electrons. The lowest BCUT2D eigenvalue weighted by Gasteiger charge is -2.08. The molecule has 2 aromatic carbocycles. The van der Waals surface area contributed by atoms with Gasteiger partial charge in [0.05, 0.1) is 10.6 Å². The summed E-state index contributed by atoms with van der Waals surface area (Å²) in [7, 11) is 0. The van der Waals surface area contributed by atoms with Crippen molar-refractivity contribution in [3.63, 3.8) is 0 Å². The van der Waals surface area contributed by atoms with Crippen LogP contribution in [0.3, 0.4) is 0 Å². The SMILES string of the molecule is O=C(Nc1cc([N+](=O)[O-])ccc1F)c1cccc(OC(F)F)c1. The van der Waals surface area contributed by atoms with Crippen LogP contribution in [0.1, 0.15) is 10.4 Å². The summed E-state index contributed by atoms with van der Waals surface area (Å²) in [6.07, 6.45) is 0. The van der Waals surface area contributed by atoms with E-state index < -0.39 is 34.6 Å². The van der Waals surface area contributed by atoms with Crippen LogP contribution in [0.15, 0.2) is 42.5 Å². The summed E-state index contributed by atoms with van der Waals surface area (Å²) in [6.45, 7) is -3.05. The first-order chi connectivity index (χ1) is 10.9. The fourth-order valence-electron chi connectivity index (χ4n) is 1.73. The Labute approximate surface area is 127 Å². The van der Waals surface area contributed by atoms with Gasteiger partial charge >= 0.3 is 6.61 Å². The molecule has 1 amide bonds. The third-order valence-electron chi connectivity index (χ3n) is 2.73. The molecule has 0 bridgehead atoms. The number of nitrogens with zero attached hydrogens (tertiary/aromatic N) is 1. The molecule has 0 aromatic heterocycles. The summed E-state index contributed by atoms with van der Waals surface area (Å²) in [5.74, 6) is -1.94. The van der Waals surface area contributed by atoms with E-state index in [1.807, 2.05) is 0 Å². The van der Waals surface area contributed by atoms with Crippen LogP contribution >= 0.6 is 0 Å². The normalized spacial score (nSPS) is 10.4. The Bertz CT molecular complexity index is 753. The number of nitrogens with one attached hydrogen (secondary N) is 1. The molecule has 0 unspecified atom stereocenters. The molecule has 0 spiro atoms. The Kier molecular flexibility index (Phi) is 4.79. The monoisotopic (exact) mass is 326 g/mol. The van der Waals surface area contributed by atoms with Crippen LogP contribution in [0, 0.1) is 15.9 Å². The van der Waals surface area contributed by atoms with Crippen molar-refractivity contribution in [1.29, 1.82) is 0 Å². The van der Waals surface area contributed by atoms with Gasteiger partial charge in [0.25, 0.3) is 11.6 Å². The van der Waals surface area contributed by atoms with Gasteiger partial charge in [-0.2, -0.15) is 8.78 Å². The minimum absolute atomic E-state index is 0.0749. The van der Waals surface area contributed by atoms with Gasteiger partial charge in [0.1, 0.15) is 11.6 Å². The van der Waals surface area contributed by atoms with Crippen molar-refractivity contribution in [2.75, 3.05) is 5.32 Å². The lowest BCUT2D eigenvalue weighted by molar-refractivity contribution is -0.384. The highest BCUT2D eigenvalue weighted by Crippen LogP contribution is 2.23. The fourth-order valence-corrected chi connectivity index (χ4v) is 1.73. The van der Waals surface area contributed by atoms with Crippen molar-refractivity contribution in [3.05, 3.63) is 64.0 Å². The van der Waals surface area contributed by atoms with Gasteiger partial charge in [-0.15, -0.1) is 0 Å². The Morgan fingerprint density at radius 1 is 1.22 bits per heavy atom. The topological polar surface area (TPSA) is 81.5 Å². The van der Waals surface area contributed by atoms with Gasteiger partial charge in [0.2, 0.25) is 0 Å². The van der Waals surface area contributed by atoms with Crippen molar-refractivity contribution >= 4 is 17.3 Å². The molecule has 6 nitrogen and oxygen atoms in total. The van der Waals surface area contributed by atoms with Crippen molar-refractivity contribution in [2.45, 2.75) is 6.61 Å². The molecule has 0 aliphatic carbocycles. The number of carbonyl (C=O) groups excluding carboxylic acids is 1. The number of rotatable bonds is 5. The second-order valence-electron chi connectivity index (χ2n) is 4.28. The third kappa shape index (κ3) is 4.19. The predicted octanol–water partition coefficient (Wildman–Crippen LogP) is 3.59. The average Bonchev–Trinajstić information content (AvgIpc) is 2.48. The number of ether oxygens (including phenoxy) is 1. The zero-order valence-electron chi connectivity index (χ0n) is 11.3. The summed E-state index contributed by atoms with van der Waals surface area (Å²) >= 11 is 0. The average molecular weight is 326 g/mol. The highest BCUT2D eigenvalue weighted by atomic mass is 19.3. The first-order valence-electron chi connectivity index (χ1n) is 6.17. The molecule has 0 saturated heterocycles. The summed E-state index contributed by atoms with van der Waals surface area (Å²) in [4.78, 5) is 21.9. The molecule has 0 fully saturated rings. The maximum Gasteiger partial charge on any atom is 0.387 e. The molecular weight excluding hydrogens is 317 g/mol. The lowest BCUT2D eigenvalue weighted by atomic mass is 10.2. The van der Waals surface area contributed by atoms with Crippen LogP contribution in [-0.4, -0.2) is 17.4 Å². The largest absolute Gasteiger partial charge is 0.435 e. The highest BCUT2D eigenvalue weighted by molar-refractivity contribution is 6.04. The lowest BCUT2D eigenvalue weighted by Crippen LogP contribution is -2.13. The number of halogens is 3. The van der Waals surface area contributed by atoms with Gasteiger partial charge in [0, 0.05) is 17.7 Å². The molecular formula is C14H9F3N2O4. The summed E-state index contributed by atoms with van der Waals surface area (Å²) < 4.78 is 42.0. The van der Waals surface area contributed by atoms with Crippen LogP contribution in [0.5, 0.6) is 5.75 Å². The number of alkyl halides is 2. The van der Waals surface area contributed by atoms with Crippen LogP contribution in [0.25, 0.3) is 0 Å². The van der Waals surface area contributed by atoms with Gasteiger partial charge in [-0.3, -0.25) is 14.9 Å². The number of anilines is 1. The number of hydrogen-bond acceptors (Lipinski definition) is 4. The van der Waals surface area contributed by atoms with Crippen LogP contribution < -0.4 is 10.1 Å². The van der Waals surface area contributed by atoms with E-state index in [-0.39, 0.29) is 11.3 Å². The molecule has 1 N–H and O–H groups in total. The van der Waals surface area contributed by atoms with Crippen molar-refractivity contribution in [2.24, 2.45) is 0 Å². The molecule has 0 radical (unpaired) electrons. The number of amides is 1. The Hall–Kier alpha value is -3.10. The van der Waals surface area contributed by atoms with Gasteiger partial charge in [-0.05, 0) is 24.3 Å². The van der Waals surface area contributed by atoms with E-state index in [0.29, 0.717) is 0 Å². The van der Waals surface area contributed by atoms with E-state index in [9.17, 15) is 28.1 Å². The maximum atomic E-state index is 13.6. The summed E-state index contributed by atoms with van der Waals surface area (Å²) in [5.41, 5.74) is -0.880. The first-order valence-corrected chi connectivity index (χ1v) is 6.17. The number of non-ortho nitro benzene ring substituents is 1. The molecule has 2 aromatic rings. The first kappa shape index (κ1) is 16.3. The zero-order chi connectivity index (χ0) is 17.0. The number of benzene rings is 2. The molecule has 9 heteroatoms. The van der Waals surface area contributed by atoms with Crippen molar-refractivity contribution in [1.82, 2.24) is 0 Å². The van der Waals surface area contributed by atoms with E-state index in [1.54, 1.807) is 0 Å². The highest BCUT2D eigenvalue weighted by Gasteiger charge is 2.15. The minimum atomic E-state index is -3.05. The van der Waals surface area contributed by atoms with Gasteiger partial charge in [-0.25, -0.2) is 4.39 Å². The van der Waals surface area contributed by atoms with E-state index in [4.69, 9.17) is 0 Å². The standard InChI is InChI=1S/C14H9F3N2O4/c15-11-5-4-9(19(21)22)7-12(11)18-13(20)8-2-1-3-10(6-8)23-14(16)17/h1-7,14H,(H,18,20). The molecule has 0 saturated carbocycles. The molecule has 23 heavy (non-hydrogen) atoms. The van der Waals surface area contributed by atoms with Crippen LogP contribution in [0.4, 0.5) is 24.5 Å². The number of carbonyl (C=O) groups is 1. The molecule has 2 rings (SSSR count). The molecule has 0 aliphatic heterocycles. The minimum Gasteiger partial charge on any atom is -0.435 e. The summed E-state index contributed by atoms with van der Waals surface area (Å²) in [5, 5.41) is 12.8. The molecule has 0 atom stereocenters. The van der Waals surface area contributed by atoms with Gasteiger partial charge in [0.15, 0.2) is 0 Å². The maximum absolute atomic E-state index is 13.6. The van der Waals surface area contributed by atoms with Crippen LogP contribution in [-0.2, 0) is 0 Å². The smallest absolute Gasteiger partial charge is 0.387 e. The Balaban J connectivity index is 2.22. The van der Waals surface area contributed by atoms with E-state index in [2.05, 4.69) is 10.1 Å². The van der Waals surface area contributed by atoms with E-state index in [0.717, 1.165) is 24.3 Å². The number of nitro groups is 1. The molecule has 0 heterocycles. The van der Waals surface area contributed by atoms with E-state index >= 15 is 0 Å². The van der Waals surface area contributed by atoms with Gasteiger partial charge < -0.3 is 10.1 Å². The Morgan fingerprint density at radius 2 is 1.96 bits per heavy atom. The second-order valence-corrected chi connectivity index (χ2v) is 4.28. The second kappa shape index (κ2) is 6.77. The summed E-state index contributed by atoms with van der Waals surface area (Å²) in [6, 6.07) is 7.49. The number of hydrogen-bond donors (Lipinski definition) is 1. The van der Waals surface area contributed by atoms with Crippen molar-refractivity contribution in [3.8, 4) is 5.75 Å². The van der Waals surface area contributed by atoms with Crippen LogP contribution in [0.2, 0.25) is 0 Å². The zero-order valence-corrected chi connectivity index (χ0v) is 11.3. The number of nitro benzene ring substituents is 1. The van der Waals surface area contributed by atoms with Gasteiger partial charge in [-0.1, -0.05) is 6.07 Å². The van der Waals surface area contributed by atoms with Crippen molar-refractivity contribution < 1.29 is 27.6 Å². The van der Waals surface area contributed by atoms with E-state index in [1.165, 1.54) is 18.2 Å². The third-order valence-corrected chi connectivity index (χ3v) is 2.73. The molecule has 0 aliphatic rings. The quantitative estimate of drug-likeness (QED) is 0.672. The predicted molar refractivity (Wildman–Crippen MR) is 74.1 cm³/mol. The fraction of sp³-hybridized carbons (Fsp3) is 0.0714.